The van der Waals surface area contributed by atoms with E-state index in [0.29, 0.717) is 12.1 Å². The molecule has 102 valence electrons. The number of amides is 1. The van der Waals surface area contributed by atoms with E-state index in [1.54, 1.807) is 36.1 Å². The van der Waals surface area contributed by atoms with Crippen LogP contribution in [0.3, 0.4) is 0 Å². The molecule has 0 aliphatic rings. The normalized spacial score (nSPS) is 10.7. The van der Waals surface area contributed by atoms with Gasteiger partial charge in [0.05, 0.1) is 17.5 Å². The van der Waals surface area contributed by atoms with E-state index in [0.717, 1.165) is 17.8 Å². The van der Waals surface area contributed by atoms with Gasteiger partial charge in [-0.25, -0.2) is 0 Å². The van der Waals surface area contributed by atoms with Crippen LogP contribution in [-0.4, -0.2) is 37.4 Å². The third-order valence-corrected chi connectivity index (χ3v) is 3.08. The number of hydrogen-bond donors (Lipinski definition) is 0. The molecule has 19 heavy (non-hydrogen) atoms. The van der Waals surface area contributed by atoms with Crippen LogP contribution < -0.4 is 0 Å². The summed E-state index contributed by atoms with van der Waals surface area (Å²) in [4.78, 5) is 13.9. The average molecular weight is 261 g/mol. The standard InChI is InChI=1S/C13H19N5O/c1-5-18-9-12(10(2)15-18)7-16(3)13(19)11-6-14-17(4)8-11/h6,8-9H,5,7H2,1-4H3. The minimum Gasteiger partial charge on any atom is -0.337 e. The molecule has 6 nitrogen and oxygen atoms in total. The van der Waals surface area contributed by atoms with Crippen molar-refractivity contribution in [1.82, 2.24) is 24.5 Å². The Labute approximate surface area is 112 Å². The van der Waals surface area contributed by atoms with Crippen molar-refractivity contribution in [1.29, 1.82) is 0 Å². The van der Waals surface area contributed by atoms with Gasteiger partial charge < -0.3 is 4.90 Å². The summed E-state index contributed by atoms with van der Waals surface area (Å²) < 4.78 is 3.51. The third-order valence-electron chi connectivity index (χ3n) is 3.08. The summed E-state index contributed by atoms with van der Waals surface area (Å²) in [6.45, 7) is 5.39. The number of aryl methyl sites for hydroxylation is 3. The Hall–Kier alpha value is -2.11. The van der Waals surface area contributed by atoms with Gasteiger partial charge in [0.2, 0.25) is 0 Å². The molecule has 0 aliphatic carbocycles. The molecule has 2 rings (SSSR count). The van der Waals surface area contributed by atoms with Gasteiger partial charge in [0.25, 0.3) is 5.91 Å². The lowest BCUT2D eigenvalue weighted by Gasteiger charge is -2.15. The molecule has 0 radical (unpaired) electrons. The first-order valence-electron chi connectivity index (χ1n) is 6.28. The van der Waals surface area contributed by atoms with Gasteiger partial charge in [0.15, 0.2) is 0 Å². The van der Waals surface area contributed by atoms with E-state index < -0.39 is 0 Å². The number of aromatic nitrogens is 4. The quantitative estimate of drug-likeness (QED) is 0.831. The maximum absolute atomic E-state index is 12.2. The Kier molecular flexibility index (Phi) is 3.69. The number of carbonyl (C=O) groups excluding carboxylic acids is 1. The van der Waals surface area contributed by atoms with Crippen LogP contribution in [-0.2, 0) is 20.1 Å². The van der Waals surface area contributed by atoms with Crippen molar-refractivity contribution in [2.45, 2.75) is 26.9 Å². The van der Waals surface area contributed by atoms with E-state index in [1.807, 2.05) is 24.7 Å². The highest BCUT2D eigenvalue weighted by molar-refractivity contribution is 5.93. The zero-order chi connectivity index (χ0) is 14.0. The lowest BCUT2D eigenvalue weighted by atomic mass is 10.2. The molecule has 2 heterocycles. The molecule has 6 heteroatoms. The molecule has 0 aromatic carbocycles. The van der Waals surface area contributed by atoms with Gasteiger partial charge in [-0.05, 0) is 13.8 Å². The van der Waals surface area contributed by atoms with Gasteiger partial charge in [-0.1, -0.05) is 0 Å². The number of rotatable bonds is 4. The minimum atomic E-state index is -0.0308. The molecule has 0 aliphatic heterocycles. The van der Waals surface area contributed by atoms with Crippen molar-refractivity contribution in [2.24, 2.45) is 7.05 Å². The molecule has 2 aromatic heterocycles. The zero-order valence-corrected chi connectivity index (χ0v) is 11.8. The number of nitrogens with zero attached hydrogens (tertiary/aromatic N) is 5. The molecule has 0 spiro atoms. The predicted octanol–water partition coefficient (Wildman–Crippen LogP) is 1.22. The Bertz CT molecular complexity index is 584. The van der Waals surface area contributed by atoms with E-state index in [9.17, 15) is 4.79 Å². The van der Waals surface area contributed by atoms with Crippen LogP contribution >= 0.6 is 0 Å². The second-order valence-corrected chi connectivity index (χ2v) is 4.66. The third kappa shape index (κ3) is 2.83. The monoisotopic (exact) mass is 261 g/mol. The van der Waals surface area contributed by atoms with Crippen LogP contribution in [0.25, 0.3) is 0 Å². The van der Waals surface area contributed by atoms with E-state index >= 15 is 0 Å². The van der Waals surface area contributed by atoms with Crippen LogP contribution in [0.2, 0.25) is 0 Å². The van der Waals surface area contributed by atoms with Gasteiger partial charge in [0, 0.05) is 45.1 Å². The van der Waals surface area contributed by atoms with Crippen molar-refractivity contribution in [2.75, 3.05) is 7.05 Å². The molecule has 0 saturated heterocycles. The van der Waals surface area contributed by atoms with Crippen molar-refractivity contribution >= 4 is 5.91 Å². The summed E-state index contributed by atoms with van der Waals surface area (Å²) in [5.41, 5.74) is 2.64. The molecule has 0 N–H and O–H groups in total. The van der Waals surface area contributed by atoms with E-state index in [4.69, 9.17) is 0 Å². The smallest absolute Gasteiger partial charge is 0.257 e. The number of carbonyl (C=O) groups is 1. The highest BCUT2D eigenvalue weighted by Crippen LogP contribution is 2.11. The fourth-order valence-electron chi connectivity index (χ4n) is 1.96. The Morgan fingerprint density at radius 3 is 2.68 bits per heavy atom. The fraction of sp³-hybridized carbons (Fsp3) is 0.462. The topological polar surface area (TPSA) is 56.0 Å². The minimum absolute atomic E-state index is 0.0308. The Morgan fingerprint density at radius 1 is 1.42 bits per heavy atom. The van der Waals surface area contributed by atoms with Gasteiger partial charge in [0.1, 0.15) is 0 Å². The van der Waals surface area contributed by atoms with Gasteiger partial charge >= 0.3 is 0 Å². The van der Waals surface area contributed by atoms with Crippen molar-refractivity contribution < 1.29 is 4.79 Å². The van der Waals surface area contributed by atoms with Crippen LogP contribution in [0, 0.1) is 6.92 Å². The molecular formula is C13H19N5O. The van der Waals surface area contributed by atoms with E-state index in [2.05, 4.69) is 10.2 Å². The second-order valence-electron chi connectivity index (χ2n) is 4.66. The largest absolute Gasteiger partial charge is 0.337 e. The average Bonchev–Trinajstić information content (AvgIpc) is 2.95. The summed E-state index contributed by atoms with van der Waals surface area (Å²) >= 11 is 0. The summed E-state index contributed by atoms with van der Waals surface area (Å²) in [6, 6.07) is 0. The summed E-state index contributed by atoms with van der Waals surface area (Å²) in [7, 11) is 3.59. The first kappa shape index (κ1) is 13.3. The predicted molar refractivity (Wildman–Crippen MR) is 71.6 cm³/mol. The molecule has 0 saturated carbocycles. The van der Waals surface area contributed by atoms with Crippen molar-refractivity contribution in [3.8, 4) is 0 Å². The summed E-state index contributed by atoms with van der Waals surface area (Å²) in [5, 5.41) is 8.40. The number of hydrogen-bond acceptors (Lipinski definition) is 3. The molecule has 0 fully saturated rings. The van der Waals surface area contributed by atoms with Crippen molar-refractivity contribution in [3.05, 3.63) is 35.4 Å². The molecule has 0 unspecified atom stereocenters. The zero-order valence-electron chi connectivity index (χ0n) is 11.8. The summed E-state index contributed by atoms with van der Waals surface area (Å²) in [5.74, 6) is -0.0308. The van der Waals surface area contributed by atoms with Gasteiger partial charge in [-0.3, -0.25) is 14.2 Å². The van der Waals surface area contributed by atoms with Gasteiger partial charge in [-0.15, -0.1) is 0 Å². The highest BCUT2D eigenvalue weighted by Gasteiger charge is 2.15. The van der Waals surface area contributed by atoms with Crippen LogP contribution in [0.5, 0.6) is 0 Å². The first-order valence-corrected chi connectivity index (χ1v) is 6.28. The van der Waals surface area contributed by atoms with E-state index in [1.165, 1.54) is 0 Å². The Balaban J connectivity index is 2.10. The second kappa shape index (κ2) is 5.26. The van der Waals surface area contributed by atoms with E-state index in [-0.39, 0.29) is 5.91 Å². The molecule has 2 aromatic rings. The van der Waals surface area contributed by atoms with Crippen LogP contribution in [0.4, 0.5) is 0 Å². The fourth-order valence-corrected chi connectivity index (χ4v) is 1.96. The van der Waals surface area contributed by atoms with Crippen molar-refractivity contribution in [3.63, 3.8) is 0 Å². The lowest BCUT2D eigenvalue weighted by Crippen LogP contribution is -2.26. The molecule has 0 bridgehead atoms. The summed E-state index contributed by atoms with van der Waals surface area (Å²) in [6.07, 6.45) is 5.30. The molecule has 0 atom stereocenters. The van der Waals surface area contributed by atoms with Crippen LogP contribution in [0.1, 0.15) is 28.5 Å². The SMILES string of the molecule is CCn1cc(CN(C)C(=O)c2cnn(C)c2)c(C)n1. The Morgan fingerprint density at radius 2 is 2.16 bits per heavy atom. The highest BCUT2D eigenvalue weighted by atomic mass is 16.2. The maximum Gasteiger partial charge on any atom is 0.257 e. The molecule has 1 amide bonds. The lowest BCUT2D eigenvalue weighted by molar-refractivity contribution is 0.0785. The first-order chi connectivity index (χ1) is 9.01. The van der Waals surface area contributed by atoms with Gasteiger partial charge in [-0.2, -0.15) is 10.2 Å². The maximum atomic E-state index is 12.2. The molecular weight excluding hydrogens is 242 g/mol. The van der Waals surface area contributed by atoms with Crippen LogP contribution in [0.15, 0.2) is 18.6 Å².